The van der Waals surface area contributed by atoms with Crippen molar-refractivity contribution in [2.45, 2.75) is 5.16 Å². The van der Waals surface area contributed by atoms with Gasteiger partial charge in [-0.3, -0.25) is 5.43 Å². The van der Waals surface area contributed by atoms with Crippen LogP contribution in [0.4, 0.5) is 4.39 Å². The summed E-state index contributed by atoms with van der Waals surface area (Å²) < 4.78 is 15.2. The van der Waals surface area contributed by atoms with E-state index in [-0.39, 0.29) is 5.82 Å². The van der Waals surface area contributed by atoms with Crippen LogP contribution in [-0.2, 0) is 0 Å². The summed E-state index contributed by atoms with van der Waals surface area (Å²) in [6.45, 7) is 0. The van der Waals surface area contributed by atoms with Crippen molar-refractivity contribution in [3.05, 3.63) is 70.3 Å². The highest BCUT2D eigenvalue weighted by molar-refractivity contribution is 8.02. The number of halogens is 2. The molecule has 3 aromatic rings. The number of nitrogens with zero attached hydrogens (tertiary/aromatic N) is 3. The zero-order valence-electron chi connectivity index (χ0n) is 11.7. The van der Waals surface area contributed by atoms with Gasteiger partial charge in [0.2, 0.25) is 5.16 Å². The Balaban J connectivity index is 1.71. The topological polar surface area (TPSA) is 42.7 Å². The van der Waals surface area contributed by atoms with Crippen LogP contribution in [0, 0.1) is 5.82 Å². The molecule has 1 aliphatic rings. The van der Waals surface area contributed by atoms with Gasteiger partial charge in [-0.1, -0.05) is 47.6 Å². The van der Waals surface area contributed by atoms with Crippen LogP contribution < -0.4 is 5.43 Å². The fourth-order valence-electron chi connectivity index (χ4n) is 2.28. The summed E-state index contributed by atoms with van der Waals surface area (Å²) in [4.78, 5) is 0. The predicted octanol–water partition coefficient (Wildman–Crippen LogP) is 4.39. The lowest BCUT2D eigenvalue weighted by Crippen LogP contribution is -2.18. The fourth-order valence-corrected chi connectivity index (χ4v) is 3.15. The summed E-state index contributed by atoms with van der Waals surface area (Å²) >= 11 is 7.38. The molecule has 0 atom stereocenters. The van der Waals surface area contributed by atoms with Gasteiger partial charge in [0.25, 0.3) is 0 Å². The number of aromatic nitrogens is 3. The third-order valence-electron chi connectivity index (χ3n) is 3.39. The number of hydrogen-bond donors (Lipinski definition) is 1. The Morgan fingerprint density at radius 1 is 1.04 bits per heavy atom. The van der Waals surface area contributed by atoms with Crippen LogP contribution >= 0.6 is 23.4 Å². The highest BCUT2D eigenvalue weighted by Crippen LogP contribution is 2.31. The van der Waals surface area contributed by atoms with Crippen LogP contribution in [0.3, 0.4) is 0 Å². The van der Waals surface area contributed by atoms with Gasteiger partial charge in [0.1, 0.15) is 5.82 Å². The van der Waals surface area contributed by atoms with E-state index in [1.165, 1.54) is 23.9 Å². The molecule has 0 saturated carbocycles. The molecule has 0 fully saturated rings. The Morgan fingerprint density at radius 3 is 2.65 bits per heavy atom. The molecular formula is C16H10ClFN4S. The lowest BCUT2D eigenvalue weighted by Gasteiger charge is -2.19. The maximum Gasteiger partial charge on any atom is 0.214 e. The molecule has 0 radical (unpaired) electrons. The highest BCUT2D eigenvalue weighted by Gasteiger charge is 2.19. The molecule has 114 valence electrons. The van der Waals surface area contributed by atoms with E-state index in [2.05, 4.69) is 15.6 Å². The predicted molar refractivity (Wildman–Crippen MR) is 90.1 cm³/mol. The van der Waals surface area contributed by atoms with E-state index in [1.807, 2.05) is 29.7 Å². The average molecular weight is 345 g/mol. The minimum Gasteiger partial charge on any atom is -0.289 e. The number of rotatable bonds is 2. The van der Waals surface area contributed by atoms with E-state index < -0.39 is 0 Å². The van der Waals surface area contributed by atoms with Gasteiger partial charge in [-0.25, -0.2) is 9.07 Å². The van der Waals surface area contributed by atoms with E-state index in [1.54, 1.807) is 16.8 Å². The minimum atomic E-state index is -0.309. The zero-order chi connectivity index (χ0) is 15.8. The van der Waals surface area contributed by atoms with E-state index >= 15 is 0 Å². The molecule has 1 aliphatic heterocycles. The quantitative estimate of drug-likeness (QED) is 0.749. The van der Waals surface area contributed by atoms with Crippen LogP contribution in [0.1, 0.15) is 5.56 Å². The van der Waals surface area contributed by atoms with Crippen molar-refractivity contribution >= 4 is 29.1 Å². The Morgan fingerprint density at radius 2 is 1.87 bits per heavy atom. The molecule has 1 N–H and O–H groups in total. The zero-order valence-corrected chi connectivity index (χ0v) is 13.3. The first-order valence-electron chi connectivity index (χ1n) is 6.82. The van der Waals surface area contributed by atoms with Crippen LogP contribution in [0.25, 0.3) is 17.1 Å². The normalized spacial score (nSPS) is 13.2. The Labute approximate surface area is 141 Å². The maximum atomic E-state index is 13.5. The van der Waals surface area contributed by atoms with Gasteiger partial charge in [-0.05, 0) is 24.3 Å². The molecule has 4 nitrogen and oxygen atoms in total. The summed E-state index contributed by atoms with van der Waals surface area (Å²) in [5.41, 5.74) is 5.82. The molecule has 0 spiro atoms. The molecule has 23 heavy (non-hydrogen) atoms. The SMILES string of the molecule is Fc1cccc(-c2nnc3n2NC(c2ccc(Cl)cc2)=CS3)c1. The van der Waals surface area contributed by atoms with Gasteiger partial charge in [0.15, 0.2) is 5.82 Å². The molecular weight excluding hydrogens is 335 g/mol. The smallest absolute Gasteiger partial charge is 0.214 e. The first-order chi connectivity index (χ1) is 11.2. The molecule has 0 bridgehead atoms. The molecule has 0 unspecified atom stereocenters. The summed E-state index contributed by atoms with van der Waals surface area (Å²) in [5.74, 6) is 0.253. The van der Waals surface area contributed by atoms with E-state index in [4.69, 9.17) is 11.6 Å². The summed E-state index contributed by atoms with van der Waals surface area (Å²) in [6.07, 6.45) is 0. The minimum absolute atomic E-state index is 0.309. The number of benzene rings is 2. The van der Waals surface area contributed by atoms with Crippen molar-refractivity contribution in [2.24, 2.45) is 0 Å². The van der Waals surface area contributed by atoms with Crippen LogP contribution in [0.2, 0.25) is 5.02 Å². The summed E-state index contributed by atoms with van der Waals surface area (Å²) in [6, 6.07) is 13.8. The van der Waals surface area contributed by atoms with Crippen molar-refractivity contribution in [2.75, 3.05) is 5.43 Å². The molecule has 0 saturated heterocycles. The molecule has 1 aromatic heterocycles. The fraction of sp³-hybridized carbons (Fsp3) is 0. The Hall–Kier alpha value is -2.31. The van der Waals surface area contributed by atoms with Crippen LogP contribution in [0.15, 0.2) is 59.1 Å². The van der Waals surface area contributed by atoms with Gasteiger partial charge in [-0.2, -0.15) is 0 Å². The average Bonchev–Trinajstić information content (AvgIpc) is 2.98. The van der Waals surface area contributed by atoms with Crippen molar-refractivity contribution < 1.29 is 4.39 Å². The van der Waals surface area contributed by atoms with Crippen molar-refractivity contribution in [1.29, 1.82) is 0 Å². The number of nitrogens with one attached hydrogen (secondary N) is 1. The second-order valence-electron chi connectivity index (χ2n) is 4.92. The maximum absolute atomic E-state index is 13.5. The standard InChI is InChI=1S/C16H10ClFN4S/c17-12-6-4-10(5-7-12)14-9-23-16-20-19-15(22(16)21-14)11-2-1-3-13(18)8-11/h1-9,21H. The molecule has 7 heteroatoms. The van der Waals surface area contributed by atoms with Gasteiger partial charge < -0.3 is 0 Å². The Bertz CT molecular complexity index is 905. The second-order valence-corrected chi connectivity index (χ2v) is 6.19. The monoisotopic (exact) mass is 344 g/mol. The molecule has 2 aromatic carbocycles. The van der Waals surface area contributed by atoms with Gasteiger partial charge in [0.05, 0.1) is 5.70 Å². The van der Waals surface area contributed by atoms with E-state index in [9.17, 15) is 4.39 Å². The van der Waals surface area contributed by atoms with Gasteiger partial charge in [-0.15, -0.1) is 10.2 Å². The largest absolute Gasteiger partial charge is 0.289 e. The van der Waals surface area contributed by atoms with Crippen LogP contribution in [0.5, 0.6) is 0 Å². The molecule has 2 heterocycles. The van der Waals surface area contributed by atoms with E-state index in [0.717, 1.165) is 11.3 Å². The second kappa shape index (κ2) is 5.72. The summed E-state index contributed by atoms with van der Waals surface area (Å²) in [5, 5.41) is 11.6. The van der Waals surface area contributed by atoms with Crippen molar-refractivity contribution in [1.82, 2.24) is 14.9 Å². The molecule has 0 aliphatic carbocycles. The van der Waals surface area contributed by atoms with Gasteiger partial charge >= 0.3 is 0 Å². The molecule has 0 amide bonds. The van der Waals surface area contributed by atoms with E-state index in [0.29, 0.717) is 21.6 Å². The highest BCUT2D eigenvalue weighted by atomic mass is 35.5. The number of thioether (sulfide) groups is 1. The molecule has 4 rings (SSSR count). The lowest BCUT2D eigenvalue weighted by molar-refractivity contribution is 0.628. The lowest BCUT2D eigenvalue weighted by atomic mass is 10.2. The summed E-state index contributed by atoms with van der Waals surface area (Å²) in [7, 11) is 0. The van der Waals surface area contributed by atoms with Crippen molar-refractivity contribution in [3.8, 4) is 11.4 Å². The Kier molecular flexibility index (Phi) is 3.55. The van der Waals surface area contributed by atoms with Gasteiger partial charge in [0, 0.05) is 21.6 Å². The third kappa shape index (κ3) is 2.71. The van der Waals surface area contributed by atoms with Crippen molar-refractivity contribution in [3.63, 3.8) is 0 Å². The first kappa shape index (κ1) is 14.3. The first-order valence-corrected chi connectivity index (χ1v) is 8.07. The number of fused-ring (bicyclic) bond motifs is 1. The number of hydrogen-bond acceptors (Lipinski definition) is 4. The van der Waals surface area contributed by atoms with Crippen LogP contribution in [-0.4, -0.2) is 14.9 Å². The third-order valence-corrected chi connectivity index (χ3v) is 4.47.